The maximum atomic E-state index is 12.9. The first-order valence-electron chi connectivity index (χ1n) is 16.9. The molecule has 0 atom stereocenters. The van der Waals surface area contributed by atoms with Crippen LogP contribution in [0.1, 0.15) is 91.8 Å². The van der Waals surface area contributed by atoms with E-state index in [1.807, 2.05) is 81.4 Å². The number of anilines is 1. The zero-order valence-corrected chi connectivity index (χ0v) is 30.8. The Morgan fingerprint density at radius 2 is 1.18 bits per heavy atom. The summed E-state index contributed by atoms with van der Waals surface area (Å²) in [6, 6.07) is 27.9. The molecule has 5 rings (SSSR count). The second-order valence-electron chi connectivity index (χ2n) is 12.5. The minimum atomic E-state index is -0.355. The van der Waals surface area contributed by atoms with Crippen LogP contribution in [0.25, 0.3) is 0 Å². The highest BCUT2D eigenvalue weighted by atomic mass is 16.5. The first kappa shape index (κ1) is 39.8. The van der Waals surface area contributed by atoms with Gasteiger partial charge in [0.05, 0.1) is 0 Å². The maximum Gasteiger partial charge on any atom is 0.224 e. The van der Waals surface area contributed by atoms with Crippen molar-refractivity contribution >= 4 is 28.8 Å². The molecule has 0 heterocycles. The molecule has 0 spiro atoms. The van der Waals surface area contributed by atoms with Crippen molar-refractivity contribution in [2.45, 2.75) is 66.7 Å². The van der Waals surface area contributed by atoms with Crippen molar-refractivity contribution in [2.75, 3.05) is 12.8 Å². The zero-order valence-electron chi connectivity index (χ0n) is 30.8. The highest BCUT2D eigenvalue weighted by Crippen LogP contribution is 2.35. The summed E-state index contributed by atoms with van der Waals surface area (Å²) >= 11 is 0. The van der Waals surface area contributed by atoms with Crippen LogP contribution in [0.4, 0.5) is 5.69 Å². The Bertz CT molecular complexity index is 1930. The van der Waals surface area contributed by atoms with Crippen LogP contribution >= 0.6 is 0 Å². The third kappa shape index (κ3) is 9.99. The summed E-state index contributed by atoms with van der Waals surface area (Å²) in [6.07, 6.45) is 2.29. The van der Waals surface area contributed by atoms with Crippen molar-refractivity contribution in [2.24, 2.45) is 5.73 Å². The quantitative estimate of drug-likeness (QED) is 0.0957. The number of carbonyl (C=O) groups excluding carboxylic acids is 4. The lowest BCUT2D eigenvalue weighted by molar-refractivity contribution is -0.117. The lowest BCUT2D eigenvalue weighted by Crippen LogP contribution is -2.22. The molecule has 266 valence electrons. The molecule has 0 amide bonds. The molecule has 0 saturated heterocycles. The number of nitrogen functional groups attached to an aromatic ring is 1. The number of aryl methyl sites for hydroxylation is 1. The van der Waals surface area contributed by atoms with Crippen LogP contribution in [-0.2, 0) is 15.0 Å². The average molecular weight is 689 g/mol. The van der Waals surface area contributed by atoms with Crippen LogP contribution in [0.3, 0.4) is 0 Å². The van der Waals surface area contributed by atoms with Gasteiger partial charge in [0.15, 0.2) is 23.1 Å². The second-order valence-corrected chi connectivity index (χ2v) is 12.5. The van der Waals surface area contributed by atoms with Crippen LogP contribution in [0.2, 0.25) is 0 Å². The molecule has 0 aromatic heterocycles. The summed E-state index contributed by atoms with van der Waals surface area (Å²) in [5.74, 6) is 0.844. The minimum absolute atomic E-state index is 0.0537. The molecule has 1 aliphatic rings. The Morgan fingerprint density at radius 3 is 1.63 bits per heavy atom. The standard InChI is InChI=1S/C35H34O6.C7H9N.CH5N/c1-7-28-29(8-2)34(39)33(20-32(28)38)41-26-15-11-24(12-16-26)35(5,6)23-9-13-25(14-10-23)40-27-17-18-30(21(3)36)31(19-27)22(4)37;1-6-3-2-4-7(8)5-6;1-2/h9-20H,7-8H2,1-6H3;2-5H,8H2,1H3;2H2,1H3. The van der Waals surface area contributed by atoms with Crippen molar-refractivity contribution in [1.29, 1.82) is 0 Å². The van der Waals surface area contributed by atoms with E-state index in [1.165, 1.54) is 32.5 Å². The SMILES string of the molecule is CCC1=C(CC)C(=O)C(Oc2ccc(C(C)(C)c3ccc(Oc4ccc(C(C)=O)c(C(C)=O)c4)cc3)cc2)=CC1=O.CN.Cc1cccc(N)c1. The fourth-order valence-electron chi connectivity index (χ4n) is 5.71. The molecule has 4 aromatic rings. The summed E-state index contributed by atoms with van der Waals surface area (Å²) in [4.78, 5) is 49.2. The van der Waals surface area contributed by atoms with E-state index >= 15 is 0 Å². The van der Waals surface area contributed by atoms with Gasteiger partial charge in [-0.25, -0.2) is 0 Å². The predicted octanol–water partition coefficient (Wildman–Crippen LogP) is 8.89. The van der Waals surface area contributed by atoms with Crippen LogP contribution in [0.15, 0.2) is 114 Å². The Labute approximate surface area is 301 Å². The molecule has 0 saturated carbocycles. The third-order valence-electron chi connectivity index (χ3n) is 8.54. The fraction of sp³-hybridized carbons (Fsp3) is 0.256. The van der Waals surface area contributed by atoms with Gasteiger partial charge < -0.3 is 20.9 Å². The van der Waals surface area contributed by atoms with Gasteiger partial charge in [0.2, 0.25) is 5.78 Å². The molecule has 8 heteroatoms. The second kappa shape index (κ2) is 17.9. The fourth-order valence-corrected chi connectivity index (χ4v) is 5.71. The van der Waals surface area contributed by atoms with E-state index in [-0.39, 0.29) is 34.3 Å². The molecular formula is C43H48N2O6. The van der Waals surface area contributed by atoms with Crippen LogP contribution in [-0.4, -0.2) is 30.2 Å². The van der Waals surface area contributed by atoms with Gasteiger partial charge in [-0.05, 0) is 112 Å². The van der Waals surface area contributed by atoms with E-state index in [0.717, 1.165) is 16.8 Å². The van der Waals surface area contributed by atoms with E-state index in [1.54, 1.807) is 30.3 Å². The summed E-state index contributed by atoms with van der Waals surface area (Å²) in [7, 11) is 1.50. The number of carbonyl (C=O) groups is 4. The smallest absolute Gasteiger partial charge is 0.224 e. The van der Waals surface area contributed by atoms with Gasteiger partial charge in [0.1, 0.15) is 17.2 Å². The largest absolute Gasteiger partial charge is 0.457 e. The molecule has 0 radical (unpaired) electrons. The van der Waals surface area contributed by atoms with Gasteiger partial charge in [-0.2, -0.15) is 0 Å². The normalized spacial score (nSPS) is 12.5. The Hall–Kier alpha value is -5.60. The molecule has 0 aliphatic heterocycles. The van der Waals surface area contributed by atoms with Crippen molar-refractivity contribution in [3.63, 3.8) is 0 Å². The number of Topliss-reactive ketones (excluding diaryl/α,β-unsaturated/α-hetero) is 3. The first-order valence-corrected chi connectivity index (χ1v) is 16.9. The number of nitrogens with two attached hydrogens (primary N) is 2. The lowest BCUT2D eigenvalue weighted by atomic mass is 9.78. The van der Waals surface area contributed by atoms with Gasteiger partial charge in [0, 0.05) is 39.5 Å². The molecule has 4 N–H and O–H groups in total. The van der Waals surface area contributed by atoms with Crippen molar-refractivity contribution in [3.8, 4) is 17.2 Å². The number of ether oxygens (including phenoxy) is 2. The molecule has 0 fully saturated rings. The number of allylic oxidation sites excluding steroid dienone is 3. The number of ketones is 4. The number of hydrogen-bond donors (Lipinski definition) is 2. The highest BCUT2D eigenvalue weighted by molar-refractivity contribution is 6.22. The topological polar surface area (TPSA) is 139 Å². The van der Waals surface area contributed by atoms with Crippen LogP contribution in [0.5, 0.6) is 17.2 Å². The summed E-state index contributed by atoms with van der Waals surface area (Å²) in [6.45, 7) is 12.8. The van der Waals surface area contributed by atoms with E-state index in [9.17, 15) is 19.2 Å². The lowest BCUT2D eigenvalue weighted by Gasteiger charge is -2.26. The molecular weight excluding hydrogens is 640 g/mol. The Balaban J connectivity index is 0.000000610. The van der Waals surface area contributed by atoms with Gasteiger partial charge in [0.25, 0.3) is 0 Å². The number of rotatable bonds is 10. The zero-order chi connectivity index (χ0) is 37.9. The minimum Gasteiger partial charge on any atom is -0.457 e. The van der Waals surface area contributed by atoms with Gasteiger partial charge in [-0.3, -0.25) is 19.2 Å². The molecule has 0 bridgehead atoms. The van der Waals surface area contributed by atoms with E-state index < -0.39 is 0 Å². The van der Waals surface area contributed by atoms with Gasteiger partial charge in [-0.1, -0.05) is 64.1 Å². The maximum absolute atomic E-state index is 12.9. The van der Waals surface area contributed by atoms with Gasteiger partial charge >= 0.3 is 0 Å². The third-order valence-corrected chi connectivity index (χ3v) is 8.54. The van der Waals surface area contributed by atoms with Crippen LogP contribution < -0.4 is 20.9 Å². The van der Waals surface area contributed by atoms with Gasteiger partial charge in [-0.15, -0.1) is 0 Å². The summed E-state index contributed by atoms with van der Waals surface area (Å²) in [5.41, 5.74) is 15.5. The van der Waals surface area contributed by atoms with Crippen LogP contribution in [0, 0.1) is 6.92 Å². The molecule has 1 aliphatic carbocycles. The average Bonchev–Trinajstić information content (AvgIpc) is 3.11. The predicted molar refractivity (Wildman–Crippen MR) is 204 cm³/mol. The highest BCUT2D eigenvalue weighted by Gasteiger charge is 2.28. The monoisotopic (exact) mass is 688 g/mol. The van der Waals surface area contributed by atoms with E-state index in [4.69, 9.17) is 15.2 Å². The molecule has 0 unspecified atom stereocenters. The Kier molecular flexibility index (Phi) is 14.0. The number of benzene rings is 4. The number of hydrogen-bond acceptors (Lipinski definition) is 8. The summed E-state index contributed by atoms with van der Waals surface area (Å²) in [5, 5.41) is 0. The molecule has 8 nitrogen and oxygen atoms in total. The summed E-state index contributed by atoms with van der Waals surface area (Å²) < 4.78 is 11.8. The van der Waals surface area contributed by atoms with Crippen molar-refractivity contribution in [1.82, 2.24) is 0 Å². The van der Waals surface area contributed by atoms with E-state index in [2.05, 4.69) is 19.6 Å². The van der Waals surface area contributed by atoms with Crippen molar-refractivity contribution < 1.29 is 28.7 Å². The molecule has 4 aromatic carbocycles. The Morgan fingerprint density at radius 1 is 0.667 bits per heavy atom. The van der Waals surface area contributed by atoms with E-state index in [0.29, 0.717) is 52.4 Å². The first-order chi connectivity index (χ1) is 24.2. The van der Waals surface area contributed by atoms with Crippen molar-refractivity contribution in [3.05, 3.63) is 142 Å². The molecule has 51 heavy (non-hydrogen) atoms.